The van der Waals surface area contributed by atoms with E-state index in [-0.39, 0.29) is 12.0 Å². The van der Waals surface area contributed by atoms with Crippen molar-refractivity contribution in [3.05, 3.63) is 23.3 Å². The zero-order valence-corrected chi connectivity index (χ0v) is 9.35. The second-order valence-corrected chi connectivity index (χ2v) is 5.73. The van der Waals surface area contributed by atoms with Gasteiger partial charge in [-0.15, -0.1) is 0 Å². The van der Waals surface area contributed by atoms with Crippen molar-refractivity contribution in [2.75, 3.05) is 0 Å². The summed E-state index contributed by atoms with van der Waals surface area (Å²) in [7, 11) is 0. The summed E-state index contributed by atoms with van der Waals surface area (Å²) in [6.07, 6.45) is -0.973. The molecule has 2 aliphatic carbocycles. The third kappa shape index (κ3) is 0.967. The predicted octanol–water partition coefficient (Wildman–Crippen LogP) is 3.23. The van der Waals surface area contributed by atoms with E-state index in [1.54, 1.807) is 6.08 Å². The van der Waals surface area contributed by atoms with Gasteiger partial charge in [0.15, 0.2) is 0 Å². The fourth-order valence-electron chi connectivity index (χ4n) is 3.13. The van der Waals surface area contributed by atoms with Gasteiger partial charge in [0.25, 0.3) is 0 Å². The van der Waals surface area contributed by atoms with E-state index in [1.165, 1.54) is 0 Å². The third-order valence-corrected chi connectivity index (χ3v) is 3.69. The Morgan fingerprint density at radius 3 is 2.25 bits per heavy atom. The SMILES string of the molecule is CC(C)(C)C1=C(C(F)(F)F)C23OC2C=CC13. The number of halogens is 3. The first-order valence-electron chi connectivity index (χ1n) is 5.37. The number of hydrogen-bond acceptors (Lipinski definition) is 1. The first-order valence-corrected chi connectivity index (χ1v) is 5.37. The molecule has 0 amide bonds. The first-order chi connectivity index (χ1) is 7.19. The van der Waals surface area contributed by atoms with E-state index in [9.17, 15) is 13.2 Å². The van der Waals surface area contributed by atoms with Crippen LogP contribution in [0.4, 0.5) is 13.2 Å². The lowest BCUT2D eigenvalue weighted by molar-refractivity contribution is -0.112. The van der Waals surface area contributed by atoms with Gasteiger partial charge in [-0.25, -0.2) is 0 Å². The highest BCUT2D eigenvalue weighted by Crippen LogP contribution is 2.70. The van der Waals surface area contributed by atoms with E-state index in [1.807, 2.05) is 26.8 Å². The van der Waals surface area contributed by atoms with E-state index >= 15 is 0 Å². The van der Waals surface area contributed by atoms with Crippen LogP contribution in [0.15, 0.2) is 23.3 Å². The third-order valence-electron chi connectivity index (χ3n) is 3.69. The monoisotopic (exact) mass is 230 g/mol. The molecule has 0 bridgehead atoms. The predicted molar refractivity (Wildman–Crippen MR) is 52.8 cm³/mol. The van der Waals surface area contributed by atoms with Gasteiger partial charge in [0, 0.05) is 5.92 Å². The van der Waals surface area contributed by atoms with Gasteiger partial charge >= 0.3 is 6.18 Å². The first kappa shape index (κ1) is 10.4. The normalized spacial score (nSPS) is 40.6. The van der Waals surface area contributed by atoms with Crippen molar-refractivity contribution in [3.63, 3.8) is 0 Å². The van der Waals surface area contributed by atoms with Gasteiger partial charge in [0.1, 0.15) is 11.7 Å². The Morgan fingerprint density at radius 1 is 1.19 bits per heavy atom. The highest BCUT2D eigenvalue weighted by Gasteiger charge is 2.78. The molecule has 0 radical (unpaired) electrons. The van der Waals surface area contributed by atoms with Crippen LogP contribution in [0.25, 0.3) is 0 Å². The molecule has 3 rings (SSSR count). The fraction of sp³-hybridized carbons (Fsp3) is 0.667. The Morgan fingerprint density at radius 2 is 1.81 bits per heavy atom. The van der Waals surface area contributed by atoms with E-state index < -0.39 is 22.8 Å². The van der Waals surface area contributed by atoms with Crippen molar-refractivity contribution in [3.8, 4) is 0 Å². The second-order valence-electron chi connectivity index (χ2n) is 5.73. The summed E-state index contributed by atoms with van der Waals surface area (Å²) in [5, 5.41) is 0. The summed E-state index contributed by atoms with van der Waals surface area (Å²) >= 11 is 0. The summed E-state index contributed by atoms with van der Waals surface area (Å²) in [5.41, 5.74) is -1.41. The number of alkyl halides is 3. The molecular weight excluding hydrogens is 217 g/mol. The van der Waals surface area contributed by atoms with Gasteiger partial charge in [-0.3, -0.25) is 0 Å². The molecular formula is C12H13F3O. The maximum absolute atomic E-state index is 13.0. The lowest BCUT2D eigenvalue weighted by atomic mass is 9.60. The van der Waals surface area contributed by atoms with Crippen LogP contribution in [0.3, 0.4) is 0 Å². The van der Waals surface area contributed by atoms with E-state index in [0.717, 1.165) is 0 Å². The topological polar surface area (TPSA) is 12.5 Å². The lowest BCUT2D eigenvalue weighted by Gasteiger charge is -2.44. The summed E-state index contributed by atoms with van der Waals surface area (Å²) in [4.78, 5) is 0. The zero-order valence-electron chi connectivity index (χ0n) is 9.35. The largest absolute Gasteiger partial charge is 0.415 e. The highest BCUT2D eigenvalue weighted by atomic mass is 19.4. The summed E-state index contributed by atoms with van der Waals surface area (Å²) in [5.74, 6) is -0.158. The molecule has 0 N–H and O–H groups in total. The summed E-state index contributed by atoms with van der Waals surface area (Å²) in [6.45, 7) is 5.47. The minimum atomic E-state index is -4.26. The fourth-order valence-corrected chi connectivity index (χ4v) is 3.13. The maximum Gasteiger partial charge on any atom is 0.415 e. The van der Waals surface area contributed by atoms with Crippen LogP contribution in [0.1, 0.15) is 20.8 Å². The Balaban J connectivity index is 2.14. The van der Waals surface area contributed by atoms with Gasteiger partial charge in [0.05, 0.1) is 5.57 Å². The van der Waals surface area contributed by atoms with Crippen LogP contribution in [0.2, 0.25) is 0 Å². The molecule has 1 fully saturated rings. The van der Waals surface area contributed by atoms with Crippen molar-refractivity contribution >= 4 is 0 Å². The van der Waals surface area contributed by atoms with Crippen LogP contribution < -0.4 is 0 Å². The number of rotatable bonds is 0. The molecule has 3 unspecified atom stereocenters. The second kappa shape index (κ2) is 2.40. The minimum Gasteiger partial charge on any atom is -0.356 e. The van der Waals surface area contributed by atoms with Crippen molar-refractivity contribution in [1.82, 2.24) is 0 Å². The number of epoxide rings is 1. The van der Waals surface area contributed by atoms with Gasteiger partial charge in [-0.1, -0.05) is 32.9 Å². The molecule has 0 saturated carbocycles. The molecule has 1 spiro atoms. The van der Waals surface area contributed by atoms with E-state index in [0.29, 0.717) is 5.57 Å². The molecule has 1 nitrogen and oxygen atoms in total. The van der Waals surface area contributed by atoms with Gasteiger partial charge < -0.3 is 4.74 Å². The quantitative estimate of drug-likeness (QED) is 0.459. The van der Waals surface area contributed by atoms with Gasteiger partial charge in [0.2, 0.25) is 0 Å². The van der Waals surface area contributed by atoms with Gasteiger partial charge in [-0.2, -0.15) is 13.2 Å². The van der Waals surface area contributed by atoms with E-state index in [4.69, 9.17) is 4.74 Å². The highest BCUT2D eigenvalue weighted by molar-refractivity contribution is 5.59. The molecule has 4 heteroatoms. The Bertz CT molecular complexity index is 425. The molecule has 88 valence electrons. The molecule has 3 atom stereocenters. The molecule has 0 aromatic heterocycles. The molecule has 1 heterocycles. The number of ether oxygens (including phenoxy) is 1. The molecule has 16 heavy (non-hydrogen) atoms. The lowest BCUT2D eigenvalue weighted by Crippen LogP contribution is -2.48. The average Bonchev–Trinajstić information content (AvgIpc) is 2.66. The van der Waals surface area contributed by atoms with Crippen LogP contribution in [-0.4, -0.2) is 17.9 Å². The molecule has 0 aromatic carbocycles. The molecule has 1 aliphatic heterocycles. The van der Waals surface area contributed by atoms with E-state index in [2.05, 4.69) is 0 Å². The average molecular weight is 230 g/mol. The standard InChI is InChI=1S/C12H13F3O/c1-10(2,3)8-6-4-5-7-11(6,16-7)9(8)12(13,14)15/h4-7H,1-3H3. The van der Waals surface area contributed by atoms with Crippen molar-refractivity contribution in [2.24, 2.45) is 11.3 Å². The zero-order chi connectivity index (χ0) is 11.9. The summed E-state index contributed by atoms with van der Waals surface area (Å²) in [6, 6.07) is 0. The Hall–Kier alpha value is -0.770. The maximum atomic E-state index is 13.0. The summed E-state index contributed by atoms with van der Waals surface area (Å²) < 4.78 is 44.3. The smallest absolute Gasteiger partial charge is 0.356 e. The van der Waals surface area contributed by atoms with Gasteiger partial charge in [-0.05, 0) is 11.0 Å². The minimum absolute atomic E-state index is 0.158. The molecule has 0 aromatic rings. The van der Waals surface area contributed by atoms with Crippen molar-refractivity contribution in [2.45, 2.75) is 38.7 Å². The van der Waals surface area contributed by atoms with Crippen LogP contribution in [0.5, 0.6) is 0 Å². The van der Waals surface area contributed by atoms with Crippen LogP contribution >= 0.6 is 0 Å². The Kier molecular flexibility index (Phi) is 1.56. The molecule has 1 saturated heterocycles. The van der Waals surface area contributed by atoms with Crippen molar-refractivity contribution < 1.29 is 17.9 Å². The Labute approximate surface area is 92.0 Å². The van der Waals surface area contributed by atoms with Crippen LogP contribution in [0, 0.1) is 11.3 Å². The number of hydrogen-bond donors (Lipinski definition) is 0. The van der Waals surface area contributed by atoms with Crippen LogP contribution in [-0.2, 0) is 4.74 Å². The molecule has 3 aliphatic rings. The van der Waals surface area contributed by atoms with Crippen molar-refractivity contribution in [1.29, 1.82) is 0 Å².